The van der Waals surface area contributed by atoms with E-state index in [9.17, 15) is 0 Å². The topological polar surface area (TPSA) is 36.5 Å². The first kappa shape index (κ1) is 20.6. The van der Waals surface area contributed by atoms with Crippen molar-refractivity contribution in [3.63, 3.8) is 0 Å². The average Bonchev–Trinajstić information content (AvgIpc) is 2.44. The van der Waals surface area contributed by atoms with Crippen LogP contribution in [0.1, 0.15) is 66.7 Å². The molecule has 0 bridgehead atoms. The third-order valence-corrected chi connectivity index (χ3v) is 4.58. The van der Waals surface area contributed by atoms with Crippen LogP contribution >= 0.6 is 0 Å². The highest BCUT2D eigenvalue weighted by atomic mass is 16.7. The van der Waals surface area contributed by atoms with Crippen molar-refractivity contribution < 1.29 is 4.84 Å². The van der Waals surface area contributed by atoms with Crippen LogP contribution in [-0.4, -0.2) is 48.4 Å². The van der Waals surface area contributed by atoms with Crippen LogP contribution in [0.15, 0.2) is 12.7 Å². The highest BCUT2D eigenvalue weighted by Crippen LogP contribution is 2.38. The zero-order chi connectivity index (χ0) is 17.3. The van der Waals surface area contributed by atoms with Crippen molar-refractivity contribution in [2.45, 2.75) is 83.8 Å². The molecule has 1 saturated heterocycles. The molecule has 0 aromatic carbocycles. The largest absolute Gasteiger partial charge is 0.317 e. The second-order valence-electron chi connectivity index (χ2n) is 8.02. The van der Waals surface area contributed by atoms with Crippen molar-refractivity contribution in [3.05, 3.63) is 12.7 Å². The number of unbranched alkanes of at least 4 members (excludes halogenated alkanes) is 1. The van der Waals surface area contributed by atoms with Crippen molar-refractivity contribution in [3.8, 4) is 0 Å². The minimum absolute atomic E-state index is 0.0296. The predicted molar refractivity (Wildman–Crippen MR) is 99.6 cm³/mol. The molecule has 136 valence electrons. The Morgan fingerprint density at radius 1 is 1.09 bits per heavy atom. The number of hydrogen-bond acceptors (Lipinski definition) is 4. The van der Waals surface area contributed by atoms with Crippen molar-refractivity contribution in [1.82, 2.24) is 15.7 Å². The molecular formula is C19H39N3O. The highest BCUT2D eigenvalue weighted by Gasteiger charge is 2.46. The van der Waals surface area contributed by atoms with Crippen LogP contribution in [0, 0.1) is 0 Å². The summed E-state index contributed by atoms with van der Waals surface area (Å²) in [6.07, 6.45) is 7.77. The molecule has 0 saturated carbocycles. The van der Waals surface area contributed by atoms with Crippen molar-refractivity contribution >= 4 is 0 Å². The van der Waals surface area contributed by atoms with Crippen molar-refractivity contribution in [2.75, 3.05) is 26.2 Å². The molecular weight excluding hydrogens is 286 g/mol. The van der Waals surface area contributed by atoms with Gasteiger partial charge in [0.25, 0.3) is 0 Å². The highest BCUT2D eigenvalue weighted by molar-refractivity contribution is 4.99. The summed E-state index contributed by atoms with van der Waals surface area (Å²) in [5.74, 6) is 0. The number of nitrogens with zero attached hydrogens (tertiary/aromatic N) is 1. The van der Waals surface area contributed by atoms with E-state index in [1.54, 1.807) is 0 Å². The summed E-state index contributed by atoms with van der Waals surface area (Å²) in [6, 6.07) is 0.555. The number of piperidine rings is 1. The molecule has 1 heterocycles. The number of hydroxylamine groups is 2. The van der Waals surface area contributed by atoms with E-state index in [2.05, 4.69) is 56.9 Å². The quantitative estimate of drug-likeness (QED) is 0.450. The van der Waals surface area contributed by atoms with Gasteiger partial charge < -0.3 is 10.6 Å². The molecule has 0 spiro atoms. The zero-order valence-electron chi connectivity index (χ0n) is 16.1. The van der Waals surface area contributed by atoms with Crippen LogP contribution in [0.3, 0.4) is 0 Å². The van der Waals surface area contributed by atoms with Gasteiger partial charge in [0.2, 0.25) is 0 Å². The third kappa shape index (κ3) is 6.92. The van der Waals surface area contributed by atoms with Gasteiger partial charge in [-0.15, -0.1) is 6.58 Å². The fourth-order valence-electron chi connectivity index (χ4n) is 3.83. The predicted octanol–water partition coefficient (Wildman–Crippen LogP) is 3.50. The van der Waals surface area contributed by atoms with Crippen LogP contribution in [0.5, 0.6) is 0 Å². The Bertz CT molecular complexity index is 324. The van der Waals surface area contributed by atoms with E-state index in [0.29, 0.717) is 12.6 Å². The molecule has 0 aromatic rings. The van der Waals surface area contributed by atoms with E-state index in [4.69, 9.17) is 4.84 Å². The minimum Gasteiger partial charge on any atom is -0.317 e. The molecule has 1 fully saturated rings. The fourth-order valence-corrected chi connectivity index (χ4v) is 3.83. The average molecular weight is 326 g/mol. The van der Waals surface area contributed by atoms with Crippen LogP contribution in [0.4, 0.5) is 0 Å². The third-order valence-electron chi connectivity index (χ3n) is 4.58. The Hall–Kier alpha value is -0.420. The van der Waals surface area contributed by atoms with Crippen LogP contribution in [0.2, 0.25) is 0 Å². The van der Waals surface area contributed by atoms with Gasteiger partial charge in [0, 0.05) is 17.1 Å². The first-order valence-corrected chi connectivity index (χ1v) is 9.32. The Kier molecular flexibility index (Phi) is 8.76. The summed E-state index contributed by atoms with van der Waals surface area (Å²) in [5.41, 5.74) is 0.0591. The van der Waals surface area contributed by atoms with Gasteiger partial charge in [-0.1, -0.05) is 19.4 Å². The second kappa shape index (κ2) is 9.77. The normalized spacial score (nSPS) is 21.4. The lowest BCUT2D eigenvalue weighted by Crippen LogP contribution is -2.63. The molecule has 2 N–H and O–H groups in total. The lowest BCUT2D eigenvalue weighted by atomic mass is 9.79. The lowest BCUT2D eigenvalue weighted by Gasteiger charge is -2.54. The summed E-state index contributed by atoms with van der Waals surface area (Å²) in [7, 11) is 0. The van der Waals surface area contributed by atoms with Gasteiger partial charge in [-0.25, -0.2) is 0 Å². The smallest absolute Gasteiger partial charge is 0.0864 e. The maximum atomic E-state index is 5.97. The molecule has 0 atom stereocenters. The van der Waals surface area contributed by atoms with Gasteiger partial charge in [0.15, 0.2) is 0 Å². The van der Waals surface area contributed by atoms with Gasteiger partial charge in [0.1, 0.15) is 0 Å². The molecule has 0 unspecified atom stereocenters. The summed E-state index contributed by atoms with van der Waals surface area (Å²) in [5, 5.41) is 9.45. The molecule has 4 heteroatoms. The van der Waals surface area contributed by atoms with E-state index in [1.165, 1.54) is 19.3 Å². The Balaban J connectivity index is 2.38. The first-order chi connectivity index (χ1) is 10.8. The molecule has 0 aliphatic carbocycles. The van der Waals surface area contributed by atoms with Crippen molar-refractivity contribution in [2.24, 2.45) is 0 Å². The van der Waals surface area contributed by atoms with Gasteiger partial charge in [-0.3, -0.25) is 4.84 Å². The van der Waals surface area contributed by atoms with E-state index in [1.807, 2.05) is 6.08 Å². The van der Waals surface area contributed by atoms with E-state index >= 15 is 0 Å². The summed E-state index contributed by atoms with van der Waals surface area (Å²) < 4.78 is 0. The van der Waals surface area contributed by atoms with Crippen LogP contribution in [-0.2, 0) is 4.84 Å². The van der Waals surface area contributed by atoms with E-state index in [0.717, 1.165) is 32.5 Å². The Labute approximate surface area is 144 Å². The second-order valence-corrected chi connectivity index (χ2v) is 8.02. The van der Waals surface area contributed by atoms with Gasteiger partial charge in [0.05, 0.1) is 6.61 Å². The molecule has 4 nitrogen and oxygen atoms in total. The molecule has 0 amide bonds. The molecule has 23 heavy (non-hydrogen) atoms. The molecule has 0 aromatic heterocycles. The van der Waals surface area contributed by atoms with Crippen LogP contribution in [0.25, 0.3) is 0 Å². The van der Waals surface area contributed by atoms with Gasteiger partial charge in [-0.05, 0) is 73.0 Å². The molecule has 1 aliphatic heterocycles. The van der Waals surface area contributed by atoms with Crippen molar-refractivity contribution in [1.29, 1.82) is 0 Å². The number of hydrogen-bond donors (Lipinski definition) is 2. The number of nitrogens with one attached hydrogen (secondary N) is 2. The van der Waals surface area contributed by atoms with Gasteiger partial charge in [-0.2, -0.15) is 5.06 Å². The standard InChI is InChI=1S/C19H39N3O/c1-7-9-11-20-12-10-13-21-17-15-18(3,4)22(23-14-8-2)19(5,6)16-17/h8,17,20-21H,2,7,9-16H2,1,3-6H3. The van der Waals surface area contributed by atoms with E-state index in [-0.39, 0.29) is 11.1 Å². The maximum Gasteiger partial charge on any atom is 0.0864 e. The fraction of sp³-hybridized carbons (Fsp3) is 0.895. The number of rotatable bonds is 11. The molecule has 1 rings (SSSR count). The van der Waals surface area contributed by atoms with E-state index < -0.39 is 0 Å². The molecule has 1 aliphatic rings. The summed E-state index contributed by atoms with van der Waals surface area (Å²) in [4.78, 5) is 5.97. The summed E-state index contributed by atoms with van der Waals surface area (Å²) >= 11 is 0. The lowest BCUT2D eigenvalue weighted by molar-refractivity contribution is -0.277. The first-order valence-electron chi connectivity index (χ1n) is 9.32. The van der Waals surface area contributed by atoms with Crippen LogP contribution < -0.4 is 10.6 Å². The minimum atomic E-state index is 0.0296. The Morgan fingerprint density at radius 3 is 2.26 bits per heavy atom. The zero-order valence-corrected chi connectivity index (χ0v) is 16.1. The Morgan fingerprint density at radius 2 is 1.70 bits per heavy atom. The SMILES string of the molecule is C=CCON1C(C)(C)CC(NCCCNCCCC)CC1(C)C. The monoisotopic (exact) mass is 325 g/mol. The maximum absolute atomic E-state index is 5.97. The summed E-state index contributed by atoms with van der Waals surface area (Å²) in [6.45, 7) is 19.0. The molecule has 0 radical (unpaired) electrons. The van der Waals surface area contributed by atoms with Gasteiger partial charge >= 0.3 is 0 Å².